The Labute approximate surface area is 113 Å². The maximum Gasteiger partial charge on any atom is 0.000263 e. The standard InChI is InChI=1S/C17H29N/c1-15(2)13-18-14-17(3,4)12-8-11-16-9-6-5-7-10-16/h5-7,9-10,15,18H,8,11-14H2,1-4H3. The molecule has 0 bridgehead atoms. The number of nitrogens with one attached hydrogen (secondary N) is 1. The van der Waals surface area contributed by atoms with Gasteiger partial charge in [-0.2, -0.15) is 0 Å². The lowest BCUT2D eigenvalue weighted by molar-refractivity contribution is 0.300. The van der Waals surface area contributed by atoms with Gasteiger partial charge in [-0.3, -0.25) is 0 Å². The second-order valence-electron chi connectivity index (χ2n) is 6.53. The van der Waals surface area contributed by atoms with Gasteiger partial charge >= 0.3 is 0 Å². The second-order valence-corrected chi connectivity index (χ2v) is 6.53. The van der Waals surface area contributed by atoms with Crippen molar-refractivity contribution in [3.63, 3.8) is 0 Å². The zero-order valence-corrected chi connectivity index (χ0v) is 12.5. The lowest BCUT2D eigenvalue weighted by atomic mass is 9.86. The van der Waals surface area contributed by atoms with E-state index in [1.165, 1.54) is 24.8 Å². The van der Waals surface area contributed by atoms with Gasteiger partial charge in [0.25, 0.3) is 0 Å². The fraction of sp³-hybridized carbons (Fsp3) is 0.647. The number of hydrogen-bond donors (Lipinski definition) is 1. The molecule has 18 heavy (non-hydrogen) atoms. The van der Waals surface area contributed by atoms with Gasteiger partial charge in [-0.1, -0.05) is 58.0 Å². The lowest BCUT2D eigenvalue weighted by Gasteiger charge is -2.25. The summed E-state index contributed by atoms with van der Waals surface area (Å²) in [6, 6.07) is 10.8. The zero-order valence-electron chi connectivity index (χ0n) is 12.5. The van der Waals surface area contributed by atoms with Gasteiger partial charge in [-0.15, -0.1) is 0 Å². The monoisotopic (exact) mass is 247 g/mol. The van der Waals surface area contributed by atoms with E-state index in [1.807, 2.05) is 0 Å². The van der Waals surface area contributed by atoms with Crippen molar-refractivity contribution >= 4 is 0 Å². The Morgan fingerprint density at radius 2 is 1.78 bits per heavy atom. The molecular formula is C17H29N. The van der Waals surface area contributed by atoms with E-state index in [0.29, 0.717) is 5.41 Å². The Hall–Kier alpha value is -0.820. The largest absolute Gasteiger partial charge is 0.316 e. The summed E-state index contributed by atoms with van der Waals surface area (Å²) in [5.41, 5.74) is 1.87. The summed E-state index contributed by atoms with van der Waals surface area (Å²) < 4.78 is 0. The van der Waals surface area contributed by atoms with Crippen LogP contribution in [0, 0.1) is 11.3 Å². The maximum absolute atomic E-state index is 3.57. The molecule has 0 saturated carbocycles. The first kappa shape index (κ1) is 15.2. The van der Waals surface area contributed by atoms with Crippen LogP contribution in [0.25, 0.3) is 0 Å². The maximum atomic E-state index is 3.57. The van der Waals surface area contributed by atoms with Crippen LogP contribution in [0.4, 0.5) is 0 Å². The Morgan fingerprint density at radius 3 is 2.39 bits per heavy atom. The number of benzene rings is 1. The molecule has 0 aromatic heterocycles. The molecule has 0 aliphatic heterocycles. The molecule has 102 valence electrons. The van der Waals surface area contributed by atoms with Crippen LogP contribution in [-0.4, -0.2) is 13.1 Å². The minimum Gasteiger partial charge on any atom is -0.316 e. The third-order valence-electron chi connectivity index (χ3n) is 3.32. The van der Waals surface area contributed by atoms with E-state index in [1.54, 1.807) is 0 Å². The first-order valence-corrected chi connectivity index (χ1v) is 7.24. The zero-order chi connectivity index (χ0) is 13.4. The van der Waals surface area contributed by atoms with Crippen molar-refractivity contribution in [2.24, 2.45) is 11.3 Å². The topological polar surface area (TPSA) is 12.0 Å². The molecule has 1 heteroatoms. The highest BCUT2D eigenvalue weighted by Crippen LogP contribution is 2.22. The molecule has 1 aromatic rings. The summed E-state index contributed by atoms with van der Waals surface area (Å²) >= 11 is 0. The molecule has 0 fully saturated rings. The van der Waals surface area contributed by atoms with Crippen LogP contribution in [0.15, 0.2) is 30.3 Å². The van der Waals surface area contributed by atoms with E-state index >= 15 is 0 Å². The van der Waals surface area contributed by atoms with Crippen molar-refractivity contribution in [2.75, 3.05) is 13.1 Å². The Bertz CT molecular complexity index is 314. The predicted octanol–water partition coefficient (Wildman–Crippen LogP) is 4.28. The number of hydrogen-bond acceptors (Lipinski definition) is 1. The van der Waals surface area contributed by atoms with E-state index in [-0.39, 0.29) is 0 Å². The Morgan fingerprint density at radius 1 is 1.11 bits per heavy atom. The highest BCUT2D eigenvalue weighted by atomic mass is 14.9. The van der Waals surface area contributed by atoms with Crippen LogP contribution < -0.4 is 5.32 Å². The number of aryl methyl sites for hydroxylation is 1. The van der Waals surface area contributed by atoms with Gasteiger partial charge in [-0.05, 0) is 42.7 Å². The van der Waals surface area contributed by atoms with Crippen LogP contribution in [0.3, 0.4) is 0 Å². The molecule has 0 spiro atoms. The smallest absolute Gasteiger partial charge is 0.000263 e. The normalized spacial score (nSPS) is 12.1. The highest BCUT2D eigenvalue weighted by Gasteiger charge is 2.16. The summed E-state index contributed by atoms with van der Waals surface area (Å²) in [5.74, 6) is 0.741. The van der Waals surface area contributed by atoms with Crippen molar-refractivity contribution in [1.82, 2.24) is 5.32 Å². The number of rotatable bonds is 8. The first-order valence-electron chi connectivity index (χ1n) is 7.24. The van der Waals surface area contributed by atoms with Crippen LogP contribution >= 0.6 is 0 Å². The van der Waals surface area contributed by atoms with Gasteiger partial charge < -0.3 is 5.32 Å². The van der Waals surface area contributed by atoms with Crippen LogP contribution in [-0.2, 0) is 6.42 Å². The molecule has 1 aromatic carbocycles. The van der Waals surface area contributed by atoms with E-state index in [0.717, 1.165) is 19.0 Å². The fourth-order valence-electron chi connectivity index (χ4n) is 2.20. The van der Waals surface area contributed by atoms with Crippen LogP contribution in [0.5, 0.6) is 0 Å². The van der Waals surface area contributed by atoms with Crippen molar-refractivity contribution in [2.45, 2.75) is 47.0 Å². The molecule has 0 radical (unpaired) electrons. The van der Waals surface area contributed by atoms with Gasteiger partial charge in [0.1, 0.15) is 0 Å². The summed E-state index contributed by atoms with van der Waals surface area (Å²) in [7, 11) is 0. The highest BCUT2D eigenvalue weighted by molar-refractivity contribution is 5.14. The van der Waals surface area contributed by atoms with Crippen molar-refractivity contribution in [3.05, 3.63) is 35.9 Å². The third kappa shape index (κ3) is 6.80. The lowest BCUT2D eigenvalue weighted by Crippen LogP contribution is -2.31. The van der Waals surface area contributed by atoms with E-state index in [2.05, 4.69) is 63.3 Å². The minimum absolute atomic E-state index is 0.406. The summed E-state index contributed by atoms with van der Waals surface area (Å²) in [4.78, 5) is 0. The van der Waals surface area contributed by atoms with E-state index < -0.39 is 0 Å². The average molecular weight is 247 g/mol. The fourth-order valence-corrected chi connectivity index (χ4v) is 2.20. The minimum atomic E-state index is 0.406. The molecule has 1 N–H and O–H groups in total. The van der Waals surface area contributed by atoms with Crippen LogP contribution in [0.2, 0.25) is 0 Å². The molecular weight excluding hydrogens is 218 g/mol. The molecule has 1 rings (SSSR count). The van der Waals surface area contributed by atoms with Crippen molar-refractivity contribution in [3.8, 4) is 0 Å². The molecule has 0 heterocycles. The molecule has 0 aliphatic carbocycles. The predicted molar refractivity (Wildman–Crippen MR) is 80.9 cm³/mol. The SMILES string of the molecule is CC(C)CNCC(C)(C)CCCc1ccccc1. The van der Waals surface area contributed by atoms with Gasteiger partial charge in [-0.25, -0.2) is 0 Å². The van der Waals surface area contributed by atoms with Crippen molar-refractivity contribution in [1.29, 1.82) is 0 Å². The van der Waals surface area contributed by atoms with Crippen molar-refractivity contribution < 1.29 is 0 Å². The molecule has 0 amide bonds. The molecule has 0 aliphatic rings. The van der Waals surface area contributed by atoms with Crippen LogP contribution in [0.1, 0.15) is 46.1 Å². The van der Waals surface area contributed by atoms with Gasteiger partial charge in [0.15, 0.2) is 0 Å². The second kappa shape index (κ2) is 7.58. The first-order chi connectivity index (χ1) is 8.49. The summed E-state index contributed by atoms with van der Waals surface area (Å²) in [5, 5.41) is 3.57. The van der Waals surface area contributed by atoms with Gasteiger partial charge in [0.2, 0.25) is 0 Å². The van der Waals surface area contributed by atoms with Gasteiger partial charge in [0, 0.05) is 6.54 Å². The van der Waals surface area contributed by atoms with E-state index in [9.17, 15) is 0 Å². The quantitative estimate of drug-likeness (QED) is 0.723. The Kier molecular flexibility index (Phi) is 6.42. The molecule has 1 nitrogen and oxygen atoms in total. The van der Waals surface area contributed by atoms with Gasteiger partial charge in [0.05, 0.1) is 0 Å². The third-order valence-corrected chi connectivity index (χ3v) is 3.32. The Balaban J connectivity index is 2.20. The van der Waals surface area contributed by atoms with E-state index in [4.69, 9.17) is 0 Å². The summed E-state index contributed by atoms with van der Waals surface area (Å²) in [6.45, 7) is 11.5. The average Bonchev–Trinajstić information content (AvgIpc) is 2.29. The molecule has 0 saturated heterocycles. The molecule has 0 atom stereocenters. The summed E-state index contributed by atoms with van der Waals surface area (Å²) in [6.07, 6.45) is 3.77. The molecule has 0 unspecified atom stereocenters.